The molecule has 0 atom stereocenters. The first-order chi connectivity index (χ1) is 8.61. The molecule has 1 aromatic rings. The predicted octanol–water partition coefficient (Wildman–Crippen LogP) is 3.77. The summed E-state index contributed by atoms with van der Waals surface area (Å²) in [4.78, 5) is 4.25. The van der Waals surface area contributed by atoms with Crippen LogP contribution in [0.1, 0.15) is 51.8 Å². The van der Waals surface area contributed by atoms with Crippen molar-refractivity contribution in [1.82, 2.24) is 14.9 Å². The van der Waals surface area contributed by atoms with Crippen molar-refractivity contribution in [2.24, 2.45) is 13.0 Å². The highest BCUT2D eigenvalue weighted by Crippen LogP contribution is 2.10. The van der Waals surface area contributed by atoms with Gasteiger partial charge < -0.3 is 9.88 Å². The topological polar surface area (TPSA) is 29.9 Å². The van der Waals surface area contributed by atoms with E-state index in [2.05, 4.69) is 24.1 Å². The molecule has 1 aromatic heterocycles. The second kappa shape index (κ2) is 8.54. The Balaban J connectivity index is 1.97. The average molecular weight is 272 g/mol. The highest BCUT2D eigenvalue weighted by Gasteiger charge is 2.02. The molecular formula is C14H26ClN3. The number of nitrogens with one attached hydrogen (secondary N) is 1. The maximum absolute atomic E-state index is 5.92. The number of imidazole rings is 1. The van der Waals surface area contributed by atoms with Crippen molar-refractivity contribution >= 4 is 11.6 Å². The molecule has 0 saturated carbocycles. The minimum atomic E-state index is 0.695. The summed E-state index contributed by atoms with van der Waals surface area (Å²) in [6, 6.07) is 0. The molecule has 0 unspecified atom stereocenters. The van der Waals surface area contributed by atoms with Crippen molar-refractivity contribution in [3.63, 3.8) is 0 Å². The highest BCUT2D eigenvalue weighted by atomic mass is 35.5. The molecule has 0 spiro atoms. The fourth-order valence-corrected chi connectivity index (χ4v) is 2.09. The van der Waals surface area contributed by atoms with E-state index in [4.69, 9.17) is 11.6 Å². The number of rotatable bonds is 9. The third-order valence-corrected chi connectivity index (χ3v) is 3.55. The summed E-state index contributed by atoms with van der Waals surface area (Å²) in [6.07, 6.45) is 8.35. The molecule has 0 aromatic carbocycles. The predicted molar refractivity (Wildman–Crippen MR) is 77.8 cm³/mol. The van der Waals surface area contributed by atoms with Crippen LogP contribution in [0.2, 0.25) is 5.15 Å². The fourth-order valence-electron chi connectivity index (χ4n) is 1.94. The van der Waals surface area contributed by atoms with Gasteiger partial charge in [0.25, 0.3) is 0 Å². The molecule has 104 valence electrons. The lowest BCUT2D eigenvalue weighted by Crippen LogP contribution is -2.17. The van der Waals surface area contributed by atoms with Crippen LogP contribution in [0.4, 0.5) is 0 Å². The van der Waals surface area contributed by atoms with E-state index in [1.807, 2.05) is 11.6 Å². The van der Waals surface area contributed by atoms with Crippen LogP contribution in [0.25, 0.3) is 0 Å². The van der Waals surface area contributed by atoms with Gasteiger partial charge in [0, 0.05) is 7.05 Å². The normalized spacial score (nSPS) is 11.4. The summed E-state index contributed by atoms with van der Waals surface area (Å²) in [5.41, 5.74) is 0. The highest BCUT2D eigenvalue weighted by molar-refractivity contribution is 6.29. The Hall–Kier alpha value is -0.540. The van der Waals surface area contributed by atoms with Gasteiger partial charge in [0.1, 0.15) is 11.0 Å². The maximum Gasteiger partial charge on any atom is 0.128 e. The summed E-state index contributed by atoms with van der Waals surface area (Å²) in [7, 11) is 1.94. The third-order valence-electron chi connectivity index (χ3n) is 3.20. The molecule has 0 amide bonds. The molecule has 0 saturated heterocycles. The second-order valence-corrected chi connectivity index (χ2v) is 5.72. The van der Waals surface area contributed by atoms with Crippen molar-refractivity contribution in [3.8, 4) is 0 Å². The zero-order valence-electron chi connectivity index (χ0n) is 11.9. The lowest BCUT2D eigenvalue weighted by atomic mass is 10.0. The number of halogens is 1. The van der Waals surface area contributed by atoms with Gasteiger partial charge in [0.05, 0.1) is 12.7 Å². The van der Waals surface area contributed by atoms with E-state index in [0.717, 1.165) is 24.8 Å². The molecule has 0 aliphatic heterocycles. The number of aromatic nitrogens is 2. The summed E-state index contributed by atoms with van der Waals surface area (Å²) in [5, 5.41) is 4.11. The number of hydrogen-bond acceptors (Lipinski definition) is 2. The van der Waals surface area contributed by atoms with Gasteiger partial charge in [-0.15, -0.1) is 0 Å². The molecule has 1 rings (SSSR count). The fraction of sp³-hybridized carbons (Fsp3) is 0.786. The third kappa shape index (κ3) is 5.87. The SMILES string of the molecule is CC(C)CCCCCCNCc1ncc(Cl)n1C. The van der Waals surface area contributed by atoms with Crippen molar-refractivity contribution in [2.45, 2.75) is 52.5 Å². The van der Waals surface area contributed by atoms with Crippen molar-refractivity contribution in [3.05, 3.63) is 17.2 Å². The first kappa shape index (κ1) is 15.5. The lowest BCUT2D eigenvalue weighted by molar-refractivity contribution is 0.510. The number of hydrogen-bond donors (Lipinski definition) is 1. The monoisotopic (exact) mass is 271 g/mol. The quantitative estimate of drug-likeness (QED) is 0.693. The molecular weight excluding hydrogens is 246 g/mol. The van der Waals surface area contributed by atoms with Crippen LogP contribution in [0.3, 0.4) is 0 Å². The zero-order valence-corrected chi connectivity index (χ0v) is 12.6. The van der Waals surface area contributed by atoms with Gasteiger partial charge in [0.2, 0.25) is 0 Å². The zero-order chi connectivity index (χ0) is 13.4. The Kier molecular flexibility index (Phi) is 7.36. The van der Waals surface area contributed by atoms with E-state index in [9.17, 15) is 0 Å². The molecule has 3 nitrogen and oxygen atoms in total. The Bertz CT molecular complexity index is 334. The Morgan fingerprint density at radius 3 is 2.61 bits per heavy atom. The van der Waals surface area contributed by atoms with Crippen molar-refractivity contribution in [1.29, 1.82) is 0 Å². The van der Waals surface area contributed by atoms with E-state index < -0.39 is 0 Å². The Labute approximate surface area is 116 Å². The second-order valence-electron chi connectivity index (χ2n) is 5.33. The standard InChI is InChI=1S/C14H26ClN3/c1-12(2)8-6-4-5-7-9-16-11-14-17-10-13(15)18(14)3/h10,12,16H,4-9,11H2,1-3H3. The number of unbranched alkanes of at least 4 members (excludes halogenated alkanes) is 3. The van der Waals surface area contributed by atoms with Gasteiger partial charge in [-0.05, 0) is 18.9 Å². The van der Waals surface area contributed by atoms with Crippen LogP contribution in [0, 0.1) is 5.92 Å². The van der Waals surface area contributed by atoms with E-state index in [1.165, 1.54) is 32.1 Å². The van der Waals surface area contributed by atoms with Crippen LogP contribution in [-0.4, -0.2) is 16.1 Å². The van der Waals surface area contributed by atoms with Gasteiger partial charge >= 0.3 is 0 Å². The van der Waals surface area contributed by atoms with E-state index in [1.54, 1.807) is 6.20 Å². The molecule has 4 heteroatoms. The van der Waals surface area contributed by atoms with Gasteiger partial charge in [0.15, 0.2) is 0 Å². The molecule has 0 radical (unpaired) electrons. The smallest absolute Gasteiger partial charge is 0.128 e. The van der Waals surface area contributed by atoms with Crippen molar-refractivity contribution < 1.29 is 0 Å². The van der Waals surface area contributed by atoms with Crippen LogP contribution in [0.5, 0.6) is 0 Å². The summed E-state index contributed by atoms with van der Waals surface area (Å²) < 4.78 is 1.91. The lowest BCUT2D eigenvalue weighted by Gasteiger charge is -2.06. The minimum Gasteiger partial charge on any atom is -0.321 e. The first-order valence-electron chi connectivity index (χ1n) is 6.98. The largest absolute Gasteiger partial charge is 0.321 e. The molecule has 0 bridgehead atoms. The van der Waals surface area contributed by atoms with E-state index in [-0.39, 0.29) is 0 Å². The maximum atomic E-state index is 5.92. The van der Waals surface area contributed by atoms with Gasteiger partial charge in [-0.1, -0.05) is 51.1 Å². The molecule has 1 N–H and O–H groups in total. The van der Waals surface area contributed by atoms with Crippen molar-refractivity contribution in [2.75, 3.05) is 6.54 Å². The number of nitrogens with zero attached hydrogens (tertiary/aromatic N) is 2. The van der Waals surface area contributed by atoms with E-state index in [0.29, 0.717) is 5.15 Å². The van der Waals surface area contributed by atoms with E-state index >= 15 is 0 Å². The summed E-state index contributed by atoms with van der Waals surface area (Å²) >= 11 is 5.92. The minimum absolute atomic E-state index is 0.695. The summed E-state index contributed by atoms with van der Waals surface area (Å²) in [5.74, 6) is 1.84. The van der Waals surface area contributed by atoms with Crippen LogP contribution in [0.15, 0.2) is 6.20 Å². The molecule has 18 heavy (non-hydrogen) atoms. The van der Waals surface area contributed by atoms with Gasteiger partial charge in [-0.3, -0.25) is 0 Å². The first-order valence-corrected chi connectivity index (χ1v) is 7.36. The van der Waals surface area contributed by atoms with Crippen LogP contribution < -0.4 is 5.32 Å². The Morgan fingerprint density at radius 2 is 2.00 bits per heavy atom. The van der Waals surface area contributed by atoms with Crippen LogP contribution in [-0.2, 0) is 13.6 Å². The molecule has 0 fully saturated rings. The Morgan fingerprint density at radius 1 is 1.28 bits per heavy atom. The van der Waals surface area contributed by atoms with Gasteiger partial charge in [-0.2, -0.15) is 0 Å². The molecule has 0 aliphatic rings. The van der Waals surface area contributed by atoms with Crippen LogP contribution >= 0.6 is 11.6 Å². The molecule has 0 aliphatic carbocycles. The van der Waals surface area contributed by atoms with Gasteiger partial charge in [-0.25, -0.2) is 4.98 Å². The molecule has 1 heterocycles. The average Bonchev–Trinajstić information content (AvgIpc) is 2.64. The summed E-state index contributed by atoms with van der Waals surface area (Å²) in [6.45, 7) is 6.44.